The minimum absolute atomic E-state index is 0.0394. The van der Waals surface area contributed by atoms with E-state index in [1.165, 1.54) is 5.56 Å². The highest BCUT2D eigenvalue weighted by Gasteiger charge is 2.48. The van der Waals surface area contributed by atoms with Crippen LogP contribution < -0.4 is 0 Å². The Labute approximate surface area is 113 Å². The molecule has 3 rings (SSSR count). The van der Waals surface area contributed by atoms with E-state index in [9.17, 15) is 5.11 Å². The fourth-order valence-corrected chi connectivity index (χ4v) is 3.00. The van der Waals surface area contributed by atoms with Gasteiger partial charge in [0.15, 0.2) is 5.79 Å². The van der Waals surface area contributed by atoms with Crippen molar-refractivity contribution in [1.29, 1.82) is 0 Å². The van der Waals surface area contributed by atoms with Gasteiger partial charge in [-0.15, -0.1) is 0 Å². The summed E-state index contributed by atoms with van der Waals surface area (Å²) in [5.41, 5.74) is 1.26. The van der Waals surface area contributed by atoms with Crippen molar-refractivity contribution in [3.05, 3.63) is 35.9 Å². The molecule has 2 heterocycles. The van der Waals surface area contributed by atoms with Crippen LogP contribution in [0.1, 0.15) is 19.4 Å². The van der Waals surface area contributed by atoms with E-state index in [1.807, 2.05) is 32.0 Å². The van der Waals surface area contributed by atoms with Crippen LogP contribution in [-0.2, 0) is 16.0 Å². The number of β-amino-alcohol motifs (C(OH)–C–C–N with tert-alkyl or cyclic N) is 1. The van der Waals surface area contributed by atoms with Crippen molar-refractivity contribution in [3.8, 4) is 0 Å². The number of hydrogen-bond donors (Lipinski definition) is 1. The Balaban J connectivity index is 1.67. The molecule has 19 heavy (non-hydrogen) atoms. The molecule has 0 spiro atoms. The van der Waals surface area contributed by atoms with Crippen LogP contribution in [0.4, 0.5) is 0 Å². The molecule has 0 amide bonds. The molecule has 0 unspecified atom stereocenters. The van der Waals surface area contributed by atoms with E-state index in [0.717, 1.165) is 13.1 Å². The molecule has 1 aromatic rings. The number of aliphatic hydroxyl groups excluding tert-OH is 1. The molecule has 0 bridgehead atoms. The van der Waals surface area contributed by atoms with Gasteiger partial charge < -0.3 is 14.6 Å². The second-order valence-corrected chi connectivity index (χ2v) is 5.89. The molecule has 1 N–H and O–H groups in total. The van der Waals surface area contributed by atoms with Crippen LogP contribution in [0.25, 0.3) is 0 Å². The summed E-state index contributed by atoms with van der Waals surface area (Å²) >= 11 is 0. The lowest BCUT2D eigenvalue weighted by molar-refractivity contribution is -0.152. The molecule has 1 aromatic carbocycles. The molecule has 3 atom stereocenters. The maximum absolute atomic E-state index is 10.2. The number of ether oxygens (including phenoxy) is 2. The third-order valence-corrected chi connectivity index (χ3v) is 3.73. The number of likely N-dealkylation sites (tertiary alicyclic amines) is 1. The van der Waals surface area contributed by atoms with Crippen molar-refractivity contribution in [3.63, 3.8) is 0 Å². The lowest BCUT2D eigenvalue weighted by Gasteiger charge is -2.36. The van der Waals surface area contributed by atoms with E-state index in [1.54, 1.807) is 0 Å². The molecule has 0 saturated carbocycles. The van der Waals surface area contributed by atoms with Gasteiger partial charge in [0.1, 0.15) is 12.2 Å². The molecule has 4 nitrogen and oxygen atoms in total. The van der Waals surface area contributed by atoms with Gasteiger partial charge >= 0.3 is 0 Å². The SMILES string of the molecule is CC1(C)O[C@@H]2[C@H](O)CN(Cc3ccccc3)C[C@H]2O1. The first-order chi connectivity index (χ1) is 9.03. The van der Waals surface area contributed by atoms with E-state index in [-0.39, 0.29) is 12.2 Å². The molecule has 0 radical (unpaired) electrons. The predicted octanol–water partition coefficient (Wildman–Crippen LogP) is 1.38. The molecular formula is C15H21NO3. The average molecular weight is 263 g/mol. The highest BCUT2D eigenvalue weighted by atomic mass is 16.8. The third-order valence-electron chi connectivity index (χ3n) is 3.73. The second-order valence-electron chi connectivity index (χ2n) is 5.89. The van der Waals surface area contributed by atoms with Crippen LogP contribution in [0.15, 0.2) is 30.3 Å². The summed E-state index contributed by atoms with van der Waals surface area (Å²) < 4.78 is 11.6. The number of piperidine rings is 1. The summed E-state index contributed by atoms with van der Waals surface area (Å²) in [5, 5.41) is 10.2. The topological polar surface area (TPSA) is 41.9 Å². The number of nitrogens with zero attached hydrogens (tertiary/aromatic N) is 1. The van der Waals surface area contributed by atoms with Gasteiger partial charge in [-0.3, -0.25) is 4.90 Å². The van der Waals surface area contributed by atoms with E-state index < -0.39 is 11.9 Å². The summed E-state index contributed by atoms with van der Waals surface area (Å²) in [4.78, 5) is 2.23. The summed E-state index contributed by atoms with van der Waals surface area (Å²) in [7, 11) is 0. The fraction of sp³-hybridized carbons (Fsp3) is 0.600. The van der Waals surface area contributed by atoms with Crippen molar-refractivity contribution in [2.75, 3.05) is 13.1 Å². The Morgan fingerprint density at radius 1 is 1.21 bits per heavy atom. The Morgan fingerprint density at radius 2 is 1.95 bits per heavy atom. The van der Waals surface area contributed by atoms with Crippen molar-refractivity contribution < 1.29 is 14.6 Å². The first-order valence-corrected chi connectivity index (χ1v) is 6.83. The first kappa shape index (κ1) is 13.1. The lowest BCUT2D eigenvalue weighted by atomic mass is 10.0. The van der Waals surface area contributed by atoms with Crippen LogP contribution in [-0.4, -0.2) is 47.2 Å². The summed E-state index contributed by atoms with van der Waals surface area (Å²) in [5.74, 6) is -0.584. The quantitative estimate of drug-likeness (QED) is 0.875. The third kappa shape index (κ3) is 2.82. The molecule has 0 aliphatic carbocycles. The summed E-state index contributed by atoms with van der Waals surface area (Å²) in [6.07, 6.45) is -0.714. The molecule has 2 fully saturated rings. The Bertz CT molecular complexity index is 434. The Hall–Kier alpha value is -0.940. The number of rotatable bonds is 2. The lowest BCUT2D eigenvalue weighted by Crippen LogP contribution is -2.53. The largest absolute Gasteiger partial charge is 0.389 e. The number of aliphatic hydroxyl groups is 1. The van der Waals surface area contributed by atoms with Gasteiger partial charge in [-0.25, -0.2) is 0 Å². The smallest absolute Gasteiger partial charge is 0.163 e. The maximum atomic E-state index is 10.2. The van der Waals surface area contributed by atoms with Gasteiger partial charge in [0.05, 0.1) is 6.10 Å². The predicted molar refractivity (Wildman–Crippen MR) is 71.6 cm³/mol. The molecule has 104 valence electrons. The highest BCUT2D eigenvalue weighted by molar-refractivity contribution is 5.14. The second kappa shape index (κ2) is 4.87. The van der Waals surface area contributed by atoms with Gasteiger partial charge in [0, 0.05) is 19.6 Å². The molecular weight excluding hydrogens is 242 g/mol. The summed E-state index contributed by atoms with van der Waals surface area (Å²) in [6.45, 7) is 6.08. The number of hydrogen-bond acceptors (Lipinski definition) is 4. The monoisotopic (exact) mass is 263 g/mol. The molecule has 4 heteroatoms. The van der Waals surface area contributed by atoms with Crippen LogP contribution in [0.5, 0.6) is 0 Å². The first-order valence-electron chi connectivity index (χ1n) is 6.83. The minimum Gasteiger partial charge on any atom is -0.389 e. The fourth-order valence-electron chi connectivity index (χ4n) is 3.00. The van der Waals surface area contributed by atoms with Crippen molar-refractivity contribution in [1.82, 2.24) is 4.90 Å². The minimum atomic E-state index is -0.584. The number of fused-ring (bicyclic) bond motifs is 1. The van der Waals surface area contributed by atoms with E-state index in [4.69, 9.17) is 9.47 Å². The normalized spacial score (nSPS) is 34.2. The van der Waals surface area contributed by atoms with Gasteiger partial charge in [0.25, 0.3) is 0 Å². The average Bonchev–Trinajstić information content (AvgIpc) is 2.65. The Kier molecular flexibility index (Phi) is 3.35. The van der Waals surface area contributed by atoms with Gasteiger partial charge in [-0.1, -0.05) is 30.3 Å². The van der Waals surface area contributed by atoms with E-state index in [0.29, 0.717) is 6.54 Å². The number of benzene rings is 1. The van der Waals surface area contributed by atoms with Crippen LogP contribution in [0.3, 0.4) is 0 Å². The molecule has 2 aliphatic heterocycles. The molecule has 2 saturated heterocycles. The molecule has 2 aliphatic rings. The van der Waals surface area contributed by atoms with Gasteiger partial charge in [0.2, 0.25) is 0 Å². The van der Waals surface area contributed by atoms with Crippen LogP contribution in [0, 0.1) is 0 Å². The van der Waals surface area contributed by atoms with Gasteiger partial charge in [-0.2, -0.15) is 0 Å². The molecule has 0 aromatic heterocycles. The van der Waals surface area contributed by atoms with Crippen LogP contribution >= 0.6 is 0 Å². The van der Waals surface area contributed by atoms with Crippen LogP contribution in [0.2, 0.25) is 0 Å². The van der Waals surface area contributed by atoms with Crippen molar-refractivity contribution in [2.24, 2.45) is 0 Å². The van der Waals surface area contributed by atoms with E-state index >= 15 is 0 Å². The van der Waals surface area contributed by atoms with Gasteiger partial charge in [-0.05, 0) is 19.4 Å². The summed E-state index contributed by atoms with van der Waals surface area (Å²) in [6, 6.07) is 10.3. The maximum Gasteiger partial charge on any atom is 0.163 e. The van der Waals surface area contributed by atoms with Crippen molar-refractivity contribution >= 4 is 0 Å². The Morgan fingerprint density at radius 3 is 2.68 bits per heavy atom. The zero-order valence-electron chi connectivity index (χ0n) is 11.5. The zero-order chi connectivity index (χ0) is 13.5. The standard InChI is InChI=1S/C15H21NO3/c1-15(2)18-13-10-16(9-12(17)14(13)19-15)8-11-6-4-3-5-7-11/h3-7,12-14,17H,8-10H2,1-2H3/t12-,13-,14-/m1/s1. The van der Waals surface area contributed by atoms with Crippen molar-refractivity contribution in [2.45, 2.75) is 44.5 Å². The highest BCUT2D eigenvalue weighted by Crippen LogP contribution is 2.33. The van der Waals surface area contributed by atoms with E-state index in [2.05, 4.69) is 17.0 Å². The zero-order valence-corrected chi connectivity index (χ0v) is 11.5.